The number of carbonyl (C=O) groups excluding carboxylic acids is 1. The molecule has 1 heterocycles. The Morgan fingerprint density at radius 3 is 2.42 bits per heavy atom. The van der Waals surface area contributed by atoms with Crippen LogP contribution in [0.15, 0.2) is 30.3 Å². The van der Waals surface area contributed by atoms with Gasteiger partial charge in [0.25, 0.3) is 0 Å². The molecule has 0 spiro atoms. The molecule has 1 saturated heterocycles. The molecule has 1 aromatic rings. The molecule has 0 aromatic heterocycles. The summed E-state index contributed by atoms with van der Waals surface area (Å²) in [5.41, 5.74) is 7.31. The van der Waals surface area contributed by atoms with Gasteiger partial charge in [-0.15, -0.1) is 0 Å². The molecule has 0 unspecified atom stereocenters. The van der Waals surface area contributed by atoms with E-state index in [1.54, 1.807) is 6.08 Å². The van der Waals surface area contributed by atoms with Crippen LogP contribution in [0.4, 0.5) is 5.69 Å². The third-order valence-corrected chi connectivity index (χ3v) is 3.09. The summed E-state index contributed by atoms with van der Waals surface area (Å²) in [6.07, 6.45) is 3.61. The number of carbonyl (C=O) groups is 1. The van der Waals surface area contributed by atoms with Gasteiger partial charge in [0, 0.05) is 24.9 Å². The van der Waals surface area contributed by atoms with Crippen molar-refractivity contribution in [2.45, 2.75) is 26.1 Å². The standard InChI is InChI=1S/C15H20N2O2/c1-11-9-17(10-12(2)19-11)15(18)8-5-13-3-6-14(16)7-4-13/h3-8,11-12H,9-10,16H2,1-2H3/b8-5+/t11-,12+. The van der Waals surface area contributed by atoms with E-state index in [9.17, 15) is 4.79 Å². The Kier molecular flexibility index (Phi) is 4.22. The minimum absolute atomic E-state index is 0.0267. The SMILES string of the molecule is C[C@@H]1CN(C(=O)/C=C/c2ccc(N)cc2)C[C@H](C)O1. The van der Waals surface area contributed by atoms with E-state index in [-0.39, 0.29) is 18.1 Å². The van der Waals surface area contributed by atoms with Gasteiger partial charge < -0.3 is 15.4 Å². The molecule has 2 N–H and O–H groups in total. The highest BCUT2D eigenvalue weighted by Gasteiger charge is 2.24. The van der Waals surface area contributed by atoms with Gasteiger partial charge in [0.2, 0.25) is 5.91 Å². The maximum Gasteiger partial charge on any atom is 0.246 e. The van der Waals surface area contributed by atoms with Crippen molar-refractivity contribution in [3.63, 3.8) is 0 Å². The molecule has 1 aliphatic rings. The van der Waals surface area contributed by atoms with Crippen LogP contribution in [0, 0.1) is 0 Å². The maximum absolute atomic E-state index is 12.1. The van der Waals surface area contributed by atoms with Crippen LogP contribution >= 0.6 is 0 Å². The summed E-state index contributed by atoms with van der Waals surface area (Å²) >= 11 is 0. The van der Waals surface area contributed by atoms with Crippen molar-refractivity contribution >= 4 is 17.7 Å². The second-order valence-corrected chi connectivity index (χ2v) is 5.00. The highest BCUT2D eigenvalue weighted by atomic mass is 16.5. The normalized spacial score (nSPS) is 23.8. The summed E-state index contributed by atoms with van der Waals surface area (Å²) in [6, 6.07) is 7.43. The number of ether oxygens (including phenoxy) is 1. The number of nitrogens with zero attached hydrogens (tertiary/aromatic N) is 1. The smallest absolute Gasteiger partial charge is 0.246 e. The number of rotatable bonds is 2. The molecule has 0 aliphatic carbocycles. The first-order valence-corrected chi connectivity index (χ1v) is 6.52. The molecule has 1 aliphatic heterocycles. The summed E-state index contributed by atoms with van der Waals surface area (Å²) in [5, 5.41) is 0. The number of morpholine rings is 1. The highest BCUT2D eigenvalue weighted by Crippen LogP contribution is 2.12. The van der Waals surface area contributed by atoms with Crippen molar-refractivity contribution in [2.75, 3.05) is 18.8 Å². The summed E-state index contributed by atoms with van der Waals surface area (Å²) in [6.45, 7) is 5.27. The van der Waals surface area contributed by atoms with Crippen LogP contribution in [-0.4, -0.2) is 36.1 Å². The zero-order chi connectivity index (χ0) is 13.8. The minimum Gasteiger partial charge on any atom is -0.399 e. The van der Waals surface area contributed by atoms with Crippen molar-refractivity contribution in [1.29, 1.82) is 0 Å². The molecular formula is C15H20N2O2. The molecule has 1 aromatic carbocycles. The van der Waals surface area contributed by atoms with Gasteiger partial charge in [0.05, 0.1) is 12.2 Å². The van der Waals surface area contributed by atoms with E-state index >= 15 is 0 Å². The van der Waals surface area contributed by atoms with Gasteiger partial charge in [0.15, 0.2) is 0 Å². The van der Waals surface area contributed by atoms with Gasteiger partial charge in [-0.3, -0.25) is 4.79 Å². The summed E-state index contributed by atoms with van der Waals surface area (Å²) in [4.78, 5) is 13.9. The molecule has 19 heavy (non-hydrogen) atoms. The fraction of sp³-hybridized carbons (Fsp3) is 0.400. The molecule has 2 atom stereocenters. The van der Waals surface area contributed by atoms with E-state index in [0.29, 0.717) is 13.1 Å². The second-order valence-electron chi connectivity index (χ2n) is 5.00. The van der Waals surface area contributed by atoms with Crippen molar-refractivity contribution in [2.24, 2.45) is 0 Å². The second kappa shape index (κ2) is 5.89. The Hall–Kier alpha value is -1.81. The van der Waals surface area contributed by atoms with E-state index < -0.39 is 0 Å². The van der Waals surface area contributed by atoms with E-state index in [0.717, 1.165) is 11.3 Å². The zero-order valence-electron chi connectivity index (χ0n) is 11.4. The minimum atomic E-state index is 0.0267. The van der Waals surface area contributed by atoms with Gasteiger partial charge in [-0.05, 0) is 37.6 Å². The Balaban J connectivity index is 1.98. The third-order valence-electron chi connectivity index (χ3n) is 3.09. The predicted molar refractivity (Wildman–Crippen MR) is 76.5 cm³/mol. The average Bonchev–Trinajstić information content (AvgIpc) is 2.36. The van der Waals surface area contributed by atoms with Gasteiger partial charge in [0.1, 0.15) is 0 Å². The van der Waals surface area contributed by atoms with E-state index in [2.05, 4.69) is 0 Å². The molecule has 0 radical (unpaired) electrons. The van der Waals surface area contributed by atoms with Crippen LogP contribution in [0.2, 0.25) is 0 Å². The lowest BCUT2D eigenvalue weighted by atomic mass is 10.2. The molecular weight excluding hydrogens is 240 g/mol. The number of benzene rings is 1. The number of hydrogen-bond donors (Lipinski definition) is 1. The van der Waals surface area contributed by atoms with Gasteiger partial charge >= 0.3 is 0 Å². The molecule has 0 bridgehead atoms. The lowest BCUT2D eigenvalue weighted by Crippen LogP contribution is -2.47. The largest absolute Gasteiger partial charge is 0.399 e. The number of nitrogens with two attached hydrogens (primary N) is 1. The number of hydrogen-bond acceptors (Lipinski definition) is 3. The Labute approximate surface area is 113 Å². The Morgan fingerprint density at radius 2 is 1.84 bits per heavy atom. The summed E-state index contributed by atoms with van der Waals surface area (Å²) in [5.74, 6) is 0.0267. The Bertz CT molecular complexity index is 458. The highest BCUT2D eigenvalue weighted by molar-refractivity contribution is 5.91. The van der Waals surface area contributed by atoms with Gasteiger partial charge in [-0.1, -0.05) is 12.1 Å². The van der Waals surface area contributed by atoms with E-state index in [1.807, 2.05) is 49.1 Å². The fourth-order valence-corrected chi connectivity index (χ4v) is 2.24. The zero-order valence-corrected chi connectivity index (χ0v) is 11.4. The third kappa shape index (κ3) is 3.83. The topological polar surface area (TPSA) is 55.6 Å². The molecule has 4 heteroatoms. The van der Waals surface area contributed by atoms with Crippen molar-refractivity contribution in [3.8, 4) is 0 Å². The first-order valence-electron chi connectivity index (χ1n) is 6.52. The van der Waals surface area contributed by atoms with Crippen LogP contribution < -0.4 is 5.73 Å². The van der Waals surface area contributed by atoms with Crippen molar-refractivity contribution in [1.82, 2.24) is 4.90 Å². The van der Waals surface area contributed by atoms with Crippen LogP contribution in [0.1, 0.15) is 19.4 Å². The average molecular weight is 260 g/mol. The molecule has 0 saturated carbocycles. The van der Waals surface area contributed by atoms with Crippen LogP contribution in [-0.2, 0) is 9.53 Å². The van der Waals surface area contributed by atoms with Crippen LogP contribution in [0.5, 0.6) is 0 Å². The summed E-state index contributed by atoms with van der Waals surface area (Å²) in [7, 11) is 0. The van der Waals surface area contributed by atoms with Crippen LogP contribution in [0.3, 0.4) is 0 Å². The van der Waals surface area contributed by atoms with Crippen molar-refractivity contribution < 1.29 is 9.53 Å². The number of anilines is 1. The van der Waals surface area contributed by atoms with Crippen LogP contribution in [0.25, 0.3) is 6.08 Å². The van der Waals surface area contributed by atoms with Gasteiger partial charge in [-0.25, -0.2) is 0 Å². The van der Waals surface area contributed by atoms with Crippen molar-refractivity contribution in [3.05, 3.63) is 35.9 Å². The predicted octanol–water partition coefficient (Wildman–Crippen LogP) is 1.92. The Morgan fingerprint density at radius 1 is 1.26 bits per heavy atom. The molecule has 1 amide bonds. The molecule has 102 valence electrons. The van der Waals surface area contributed by atoms with E-state index in [4.69, 9.17) is 10.5 Å². The number of amides is 1. The quantitative estimate of drug-likeness (QED) is 0.653. The monoisotopic (exact) mass is 260 g/mol. The maximum atomic E-state index is 12.1. The summed E-state index contributed by atoms with van der Waals surface area (Å²) < 4.78 is 5.61. The lowest BCUT2D eigenvalue weighted by molar-refractivity contribution is -0.137. The first-order chi connectivity index (χ1) is 9.04. The van der Waals surface area contributed by atoms with Gasteiger partial charge in [-0.2, -0.15) is 0 Å². The van der Waals surface area contributed by atoms with E-state index in [1.165, 1.54) is 0 Å². The lowest BCUT2D eigenvalue weighted by Gasteiger charge is -2.34. The molecule has 4 nitrogen and oxygen atoms in total. The number of nitrogen functional groups attached to an aromatic ring is 1. The molecule has 2 rings (SSSR count). The molecule has 1 fully saturated rings. The first kappa shape index (κ1) is 13.6. The fourth-order valence-electron chi connectivity index (χ4n) is 2.24.